The fraction of sp³-hybridized carbons (Fsp3) is 0.538. The second-order valence-corrected chi connectivity index (χ2v) is 5.81. The van der Waals surface area contributed by atoms with Crippen molar-refractivity contribution >= 4 is 5.69 Å². The summed E-state index contributed by atoms with van der Waals surface area (Å²) in [6.07, 6.45) is 1.23. The Morgan fingerprint density at radius 2 is 1.95 bits per heavy atom. The Bertz CT molecular complexity index is 529. The van der Waals surface area contributed by atoms with Gasteiger partial charge >= 0.3 is 5.69 Å². The standard InChI is InChI=1S/C13H17N2O4/c1-12(2)7-8-13(3,15(12)19)9-5-4-6-10(11(9)16)14(17)18/h4-6,16H,7-8H2,1-3H3. The zero-order valence-electron chi connectivity index (χ0n) is 11.2. The summed E-state index contributed by atoms with van der Waals surface area (Å²) in [7, 11) is 0. The summed E-state index contributed by atoms with van der Waals surface area (Å²) < 4.78 is 0. The van der Waals surface area contributed by atoms with Gasteiger partial charge in [-0.1, -0.05) is 12.1 Å². The monoisotopic (exact) mass is 265 g/mol. The van der Waals surface area contributed by atoms with Gasteiger partial charge in [0.2, 0.25) is 0 Å². The minimum absolute atomic E-state index is 0.322. The van der Waals surface area contributed by atoms with Crippen LogP contribution < -0.4 is 0 Å². The summed E-state index contributed by atoms with van der Waals surface area (Å²) in [4.78, 5) is 10.2. The number of nitro benzene ring substituents is 1. The topological polar surface area (TPSA) is 86.5 Å². The number of para-hydroxylation sites is 1. The van der Waals surface area contributed by atoms with Crippen LogP contribution in [0, 0.1) is 10.1 Å². The fourth-order valence-corrected chi connectivity index (χ4v) is 2.78. The summed E-state index contributed by atoms with van der Waals surface area (Å²) in [5.74, 6) is -0.409. The minimum atomic E-state index is -0.931. The molecule has 1 unspecified atom stereocenters. The van der Waals surface area contributed by atoms with E-state index in [4.69, 9.17) is 0 Å². The summed E-state index contributed by atoms with van der Waals surface area (Å²) in [5, 5.41) is 34.3. The van der Waals surface area contributed by atoms with Crippen LogP contribution in [0.4, 0.5) is 5.69 Å². The summed E-state index contributed by atoms with van der Waals surface area (Å²) in [5.41, 5.74) is -1.51. The number of rotatable bonds is 2. The molecule has 1 heterocycles. The SMILES string of the molecule is CC1(C)CCC(C)(c2cccc([N+](=O)[O-])c2O)N1[O]. The maximum atomic E-state index is 12.4. The average molecular weight is 265 g/mol. The van der Waals surface area contributed by atoms with Gasteiger partial charge in [0, 0.05) is 17.2 Å². The lowest BCUT2D eigenvalue weighted by Gasteiger charge is -2.35. The molecular formula is C13H17N2O4. The Balaban J connectivity index is 2.54. The lowest BCUT2D eigenvalue weighted by atomic mass is 9.89. The molecule has 0 bridgehead atoms. The summed E-state index contributed by atoms with van der Waals surface area (Å²) in [6.45, 7) is 5.38. The molecule has 0 aromatic heterocycles. The second kappa shape index (κ2) is 4.18. The van der Waals surface area contributed by atoms with Crippen LogP contribution in [0.5, 0.6) is 5.75 Å². The molecule has 103 valence electrons. The molecule has 1 aromatic rings. The highest BCUT2D eigenvalue weighted by atomic mass is 16.6. The Labute approximate surface area is 111 Å². The van der Waals surface area contributed by atoms with Gasteiger partial charge in [0.25, 0.3) is 0 Å². The van der Waals surface area contributed by atoms with Crippen molar-refractivity contribution in [3.63, 3.8) is 0 Å². The summed E-state index contributed by atoms with van der Waals surface area (Å²) in [6, 6.07) is 4.31. The Morgan fingerprint density at radius 1 is 1.32 bits per heavy atom. The molecule has 0 amide bonds. The van der Waals surface area contributed by atoms with E-state index in [1.165, 1.54) is 12.1 Å². The minimum Gasteiger partial charge on any atom is -0.502 e. The molecule has 1 aromatic carbocycles. The number of aromatic hydroxyl groups is 1. The predicted octanol–water partition coefficient (Wildman–Crippen LogP) is 2.74. The van der Waals surface area contributed by atoms with Crippen molar-refractivity contribution in [2.75, 3.05) is 0 Å². The third-order valence-electron chi connectivity index (χ3n) is 4.01. The molecule has 0 spiro atoms. The number of phenols is 1. The number of hydrogen-bond donors (Lipinski definition) is 1. The van der Waals surface area contributed by atoms with Gasteiger partial charge in [0.05, 0.1) is 10.5 Å². The normalized spacial score (nSPS) is 26.5. The lowest BCUT2D eigenvalue weighted by Crippen LogP contribution is -2.44. The van der Waals surface area contributed by atoms with Crippen molar-refractivity contribution in [2.24, 2.45) is 0 Å². The smallest absolute Gasteiger partial charge is 0.311 e. The average Bonchev–Trinajstić information content (AvgIpc) is 2.54. The molecule has 1 radical (unpaired) electrons. The Morgan fingerprint density at radius 3 is 2.42 bits per heavy atom. The van der Waals surface area contributed by atoms with E-state index < -0.39 is 21.8 Å². The lowest BCUT2D eigenvalue weighted by molar-refractivity contribution is -0.386. The fourth-order valence-electron chi connectivity index (χ4n) is 2.78. The van der Waals surface area contributed by atoms with Crippen molar-refractivity contribution in [1.82, 2.24) is 5.06 Å². The Hall–Kier alpha value is -1.66. The third-order valence-corrected chi connectivity index (χ3v) is 4.01. The van der Waals surface area contributed by atoms with Crippen molar-refractivity contribution in [3.05, 3.63) is 33.9 Å². The van der Waals surface area contributed by atoms with Gasteiger partial charge in [0.1, 0.15) is 0 Å². The Kier molecular flexibility index (Phi) is 3.03. The van der Waals surface area contributed by atoms with Gasteiger partial charge in [0.15, 0.2) is 5.75 Å². The highest BCUT2D eigenvalue weighted by molar-refractivity contribution is 5.53. The first kappa shape index (κ1) is 13.8. The van der Waals surface area contributed by atoms with E-state index >= 15 is 0 Å². The molecule has 0 saturated carbocycles. The highest BCUT2D eigenvalue weighted by Gasteiger charge is 2.51. The zero-order chi connectivity index (χ0) is 14.4. The first-order chi connectivity index (χ1) is 8.70. The van der Waals surface area contributed by atoms with Gasteiger partial charge in [-0.05, 0) is 33.6 Å². The van der Waals surface area contributed by atoms with Crippen LogP contribution >= 0.6 is 0 Å². The largest absolute Gasteiger partial charge is 0.502 e. The van der Waals surface area contributed by atoms with Gasteiger partial charge in [-0.3, -0.25) is 10.1 Å². The molecule has 1 fully saturated rings. The number of nitro groups is 1. The molecule has 1 atom stereocenters. The molecule has 19 heavy (non-hydrogen) atoms. The van der Waals surface area contributed by atoms with Gasteiger partial charge < -0.3 is 5.11 Å². The van der Waals surface area contributed by atoms with Crippen LogP contribution in [0.2, 0.25) is 0 Å². The van der Waals surface area contributed by atoms with E-state index in [0.29, 0.717) is 18.4 Å². The van der Waals surface area contributed by atoms with Crippen molar-refractivity contribution in [1.29, 1.82) is 0 Å². The van der Waals surface area contributed by atoms with Crippen LogP contribution in [0.1, 0.15) is 39.2 Å². The van der Waals surface area contributed by atoms with Crippen molar-refractivity contribution in [3.8, 4) is 5.75 Å². The molecule has 0 aliphatic carbocycles. The molecule has 6 nitrogen and oxygen atoms in total. The van der Waals surface area contributed by atoms with Crippen LogP contribution in [-0.2, 0) is 10.7 Å². The maximum absolute atomic E-state index is 12.4. The number of hydroxylamine groups is 2. The third kappa shape index (κ3) is 1.97. The number of phenolic OH excluding ortho intramolecular Hbond substituents is 1. The molecule has 6 heteroatoms. The van der Waals surface area contributed by atoms with E-state index in [-0.39, 0.29) is 5.69 Å². The van der Waals surface area contributed by atoms with Crippen LogP contribution in [0.15, 0.2) is 18.2 Å². The molecule has 1 N–H and O–H groups in total. The van der Waals surface area contributed by atoms with Crippen molar-refractivity contribution in [2.45, 2.75) is 44.7 Å². The van der Waals surface area contributed by atoms with E-state index in [9.17, 15) is 20.4 Å². The quantitative estimate of drug-likeness (QED) is 0.658. The van der Waals surface area contributed by atoms with E-state index in [1.807, 2.05) is 13.8 Å². The van der Waals surface area contributed by atoms with Crippen molar-refractivity contribution < 1.29 is 15.2 Å². The molecule has 1 aliphatic rings. The highest BCUT2D eigenvalue weighted by Crippen LogP contribution is 2.49. The molecule has 1 saturated heterocycles. The van der Waals surface area contributed by atoms with E-state index in [1.54, 1.807) is 13.0 Å². The zero-order valence-corrected chi connectivity index (χ0v) is 11.2. The molecule has 1 aliphatic heterocycles. The molecular weight excluding hydrogens is 248 g/mol. The van der Waals surface area contributed by atoms with Gasteiger partial charge in [-0.25, -0.2) is 0 Å². The number of hydrogen-bond acceptors (Lipinski definition) is 4. The van der Waals surface area contributed by atoms with E-state index in [0.717, 1.165) is 5.06 Å². The predicted molar refractivity (Wildman–Crippen MR) is 68.0 cm³/mol. The van der Waals surface area contributed by atoms with Crippen LogP contribution in [0.25, 0.3) is 0 Å². The maximum Gasteiger partial charge on any atom is 0.311 e. The summed E-state index contributed by atoms with van der Waals surface area (Å²) >= 11 is 0. The number of nitrogens with zero attached hydrogens (tertiary/aromatic N) is 2. The number of benzene rings is 1. The van der Waals surface area contributed by atoms with Gasteiger partial charge in [-0.15, -0.1) is 10.3 Å². The van der Waals surface area contributed by atoms with Gasteiger partial charge in [-0.2, -0.15) is 0 Å². The van der Waals surface area contributed by atoms with E-state index in [2.05, 4.69) is 0 Å². The van der Waals surface area contributed by atoms with Crippen LogP contribution in [-0.4, -0.2) is 20.6 Å². The molecule has 2 rings (SSSR count). The second-order valence-electron chi connectivity index (χ2n) is 5.81. The first-order valence-electron chi connectivity index (χ1n) is 6.14. The first-order valence-corrected chi connectivity index (χ1v) is 6.14. The van der Waals surface area contributed by atoms with Crippen LogP contribution in [0.3, 0.4) is 0 Å².